The topological polar surface area (TPSA) is 48.7 Å². The Labute approximate surface area is 104 Å². The molecule has 1 unspecified atom stereocenters. The Kier molecular flexibility index (Phi) is 3.02. The van der Waals surface area contributed by atoms with Crippen molar-refractivity contribution in [2.24, 2.45) is 0 Å². The Hall–Kier alpha value is -1.81. The van der Waals surface area contributed by atoms with Gasteiger partial charge in [0.2, 0.25) is 0 Å². The summed E-state index contributed by atoms with van der Waals surface area (Å²) in [4.78, 5) is 11.0. The SMILES string of the molecule is O=Cc1cc(OC2CCCCO2)cc2ccoc12. The molecule has 2 aromatic rings. The van der Waals surface area contributed by atoms with Crippen LogP contribution in [0.1, 0.15) is 29.6 Å². The predicted octanol–water partition coefficient (Wildman–Crippen LogP) is 3.15. The number of aldehydes is 1. The molecule has 1 saturated heterocycles. The molecular formula is C14H14O4. The highest BCUT2D eigenvalue weighted by Gasteiger charge is 2.16. The van der Waals surface area contributed by atoms with Crippen LogP contribution in [0.2, 0.25) is 0 Å². The van der Waals surface area contributed by atoms with Crippen LogP contribution in [-0.4, -0.2) is 19.2 Å². The molecule has 4 nitrogen and oxygen atoms in total. The van der Waals surface area contributed by atoms with Gasteiger partial charge in [0.05, 0.1) is 18.4 Å². The molecule has 0 bridgehead atoms. The lowest BCUT2D eigenvalue weighted by Gasteiger charge is -2.23. The molecule has 0 aliphatic carbocycles. The third-order valence-corrected chi connectivity index (χ3v) is 3.09. The zero-order valence-electron chi connectivity index (χ0n) is 9.93. The maximum absolute atomic E-state index is 11.0. The Balaban J connectivity index is 1.88. The summed E-state index contributed by atoms with van der Waals surface area (Å²) < 4.78 is 16.5. The first-order valence-corrected chi connectivity index (χ1v) is 6.11. The van der Waals surface area contributed by atoms with Gasteiger partial charge in [0.25, 0.3) is 0 Å². The minimum Gasteiger partial charge on any atom is -0.465 e. The number of carbonyl (C=O) groups is 1. The fraction of sp³-hybridized carbons (Fsp3) is 0.357. The minimum atomic E-state index is -0.206. The van der Waals surface area contributed by atoms with E-state index in [0.717, 1.165) is 37.5 Å². The van der Waals surface area contributed by atoms with Crippen LogP contribution < -0.4 is 4.74 Å². The molecule has 0 amide bonds. The van der Waals surface area contributed by atoms with Gasteiger partial charge in [0.15, 0.2) is 12.6 Å². The van der Waals surface area contributed by atoms with Crippen molar-refractivity contribution in [1.82, 2.24) is 0 Å². The number of hydrogen-bond acceptors (Lipinski definition) is 4. The first-order valence-electron chi connectivity index (χ1n) is 6.11. The smallest absolute Gasteiger partial charge is 0.199 e. The van der Waals surface area contributed by atoms with Gasteiger partial charge in [0, 0.05) is 11.8 Å². The molecule has 0 N–H and O–H groups in total. The second-order valence-corrected chi connectivity index (χ2v) is 4.38. The molecule has 1 aromatic carbocycles. The Morgan fingerprint density at radius 2 is 2.28 bits per heavy atom. The number of hydrogen-bond donors (Lipinski definition) is 0. The summed E-state index contributed by atoms with van der Waals surface area (Å²) in [5.74, 6) is 0.651. The number of benzene rings is 1. The van der Waals surface area contributed by atoms with Gasteiger partial charge in [-0.3, -0.25) is 4.79 Å². The third-order valence-electron chi connectivity index (χ3n) is 3.09. The van der Waals surface area contributed by atoms with Crippen molar-refractivity contribution < 1.29 is 18.7 Å². The van der Waals surface area contributed by atoms with Crippen LogP contribution in [0, 0.1) is 0 Å². The summed E-state index contributed by atoms with van der Waals surface area (Å²) in [6, 6.07) is 5.37. The van der Waals surface area contributed by atoms with Crippen LogP contribution >= 0.6 is 0 Å². The van der Waals surface area contributed by atoms with E-state index in [0.29, 0.717) is 16.9 Å². The molecule has 1 aliphatic rings. The normalized spacial score (nSPS) is 19.9. The zero-order valence-corrected chi connectivity index (χ0v) is 9.93. The van der Waals surface area contributed by atoms with E-state index >= 15 is 0 Å². The Bertz CT molecular complexity index is 552. The molecular weight excluding hydrogens is 232 g/mol. The monoisotopic (exact) mass is 246 g/mol. The number of rotatable bonds is 3. The lowest BCUT2D eigenvalue weighted by molar-refractivity contribution is -0.105. The lowest BCUT2D eigenvalue weighted by atomic mass is 10.1. The van der Waals surface area contributed by atoms with Gasteiger partial charge in [-0.25, -0.2) is 0 Å². The predicted molar refractivity (Wildman–Crippen MR) is 65.8 cm³/mol. The zero-order chi connectivity index (χ0) is 12.4. The molecule has 0 saturated carbocycles. The first kappa shape index (κ1) is 11.3. The van der Waals surface area contributed by atoms with Crippen molar-refractivity contribution in [3.05, 3.63) is 30.0 Å². The molecule has 0 spiro atoms. The fourth-order valence-electron chi connectivity index (χ4n) is 2.19. The number of carbonyl (C=O) groups excluding carboxylic acids is 1. The molecule has 4 heteroatoms. The van der Waals surface area contributed by atoms with Crippen molar-refractivity contribution in [1.29, 1.82) is 0 Å². The van der Waals surface area contributed by atoms with Crippen LogP contribution in [0.4, 0.5) is 0 Å². The van der Waals surface area contributed by atoms with E-state index in [1.807, 2.05) is 12.1 Å². The summed E-state index contributed by atoms with van der Waals surface area (Å²) in [5.41, 5.74) is 1.10. The van der Waals surface area contributed by atoms with Crippen molar-refractivity contribution in [3.63, 3.8) is 0 Å². The van der Waals surface area contributed by atoms with E-state index < -0.39 is 0 Å². The maximum atomic E-state index is 11.0. The molecule has 3 rings (SSSR count). The highest BCUT2D eigenvalue weighted by Crippen LogP contribution is 2.27. The molecule has 1 atom stereocenters. The Morgan fingerprint density at radius 1 is 1.33 bits per heavy atom. The summed E-state index contributed by atoms with van der Waals surface area (Å²) in [5, 5.41) is 0.866. The summed E-state index contributed by atoms with van der Waals surface area (Å²) >= 11 is 0. The number of ether oxygens (including phenoxy) is 2. The average Bonchev–Trinajstić information content (AvgIpc) is 2.87. The second kappa shape index (κ2) is 4.82. The van der Waals surface area contributed by atoms with E-state index in [1.54, 1.807) is 12.3 Å². The molecule has 2 heterocycles. The average molecular weight is 246 g/mol. The quantitative estimate of drug-likeness (QED) is 0.780. The van der Waals surface area contributed by atoms with Crippen LogP contribution in [-0.2, 0) is 4.74 Å². The highest BCUT2D eigenvalue weighted by molar-refractivity contribution is 5.95. The molecule has 1 aromatic heterocycles. The summed E-state index contributed by atoms with van der Waals surface area (Å²) in [6.45, 7) is 0.735. The largest absolute Gasteiger partial charge is 0.465 e. The minimum absolute atomic E-state index is 0.206. The van der Waals surface area contributed by atoms with Crippen molar-refractivity contribution >= 4 is 17.3 Å². The van der Waals surface area contributed by atoms with Crippen LogP contribution in [0.3, 0.4) is 0 Å². The van der Waals surface area contributed by atoms with E-state index in [4.69, 9.17) is 13.9 Å². The second-order valence-electron chi connectivity index (χ2n) is 4.38. The standard InChI is InChI=1S/C14H14O4/c15-9-11-8-12(7-10-4-6-17-14(10)11)18-13-3-1-2-5-16-13/h4,6-9,13H,1-3,5H2. The number of furan rings is 1. The van der Waals surface area contributed by atoms with E-state index in [1.165, 1.54) is 0 Å². The number of fused-ring (bicyclic) bond motifs is 1. The van der Waals surface area contributed by atoms with Gasteiger partial charge in [-0.15, -0.1) is 0 Å². The Morgan fingerprint density at radius 3 is 3.06 bits per heavy atom. The van der Waals surface area contributed by atoms with E-state index in [-0.39, 0.29) is 6.29 Å². The van der Waals surface area contributed by atoms with Crippen LogP contribution in [0.5, 0.6) is 5.75 Å². The highest BCUT2D eigenvalue weighted by atomic mass is 16.7. The van der Waals surface area contributed by atoms with Gasteiger partial charge < -0.3 is 13.9 Å². The summed E-state index contributed by atoms with van der Waals surface area (Å²) in [7, 11) is 0. The van der Waals surface area contributed by atoms with Crippen molar-refractivity contribution in [2.45, 2.75) is 25.6 Å². The molecule has 1 fully saturated rings. The van der Waals surface area contributed by atoms with Crippen molar-refractivity contribution in [2.75, 3.05) is 6.61 Å². The van der Waals surface area contributed by atoms with E-state index in [9.17, 15) is 4.79 Å². The van der Waals surface area contributed by atoms with Gasteiger partial charge in [-0.2, -0.15) is 0 Å². The molecule has 0 radical (unpaired) electrons. The van der Waals surface area contributed by atoms with Crippen molar-refractivity contribution in [3.8, 4) is 5.75 Å². The van der Waals surface area contributed by atoms with Gasteiger partial charge in [0.1, 0.15) is 11.3 Å². The van der Waals surface area contributed by atoms with Crippen LogP contribution in [0.15, 0.2) is 28.9 Å². The third kappa shape index (κ3) is 2.11. The molecule has 94 valence electrons. The summed E-state index contributed by atoms with van der Waals surface area (Å²) in [6.07, 6.45) is 5.22. The maximum Gasteiger partial charge on any atom is 0.199 e. The molecule has 1 aliphatic heterocycles. The van der Waals surface area contributed by atoms with Crippen LogP contribution in [0.25, 0.3) is 11.0 Å². The van der Waals surface area contributed by atoms with Gasteiger partial charge in [-0.1, -0.05) is 0 Å². The lowest BCUT2D eigenvalue weighted by Crippen LogP contribution is -2.25. The van der Waals surface area contributed by atoms with Gasteiger partial charge >= 0.3 is 0 Å². The molecule has 18 heavy (non-hydrogen) atoms. The fourth-order valence-corrected chi connectivity index (χ4v) is 2.19. The van der Waals surface area contributed by atoms with E-state index in [2.05, 4.69) is 0 Å². The van der Waals surface area contributed by atoms with Gasteiger partial charge in [-0.05, 0) is 31.0 Å². The first-order chi connectivity index (χ1) is 8.86.